The van der Waals surface area contributed by atoms with Crippen molar-refractivity contribution in [1.29, 1.82) is 0 Å². The van der Waals surface area contributed by atoms with Crippen LogP contribution in [0.2, 0.25) is 0 Å². The van der Waals surface area contributed by atoms with Crippen LogP contribution in [0.1, 0.15) is 33.1 Å². The number of nitrogens with zero attached hydrogens (tertiary/aromatic N) is 1. The molecule has 0 aromatic rings. The fraction of sp³-hybridized carbons (Fsp3) is 0.818. The Bertz CT molecular complexity index is 170. The smallest absolute Gasteiger partial charge is 0.00920 e. The normalized spacial score (nSPS) is 20.6. The molecule has 0 spiro atoms. The van der Waals surface area contributed by atoms with Crippen LogP contribution < -0.4 is 0 Å². The molecule has 1 rings (SSSR count). The first kappa shape index (κ1) is 9.79. The van der Waals surface area contributed by atoms with Gasteiger partial charge in [-0.3, -0.25) is 0 Å². The average molecular weight is 167 g/mol. The zero-order chi connectivity index (χ0) is 9.14. The molecule has 0 aromatic heterocycles. The molecule has 0 heterocycles. The first-order valence-corrected chi connectivity index (χ1v) is 4.99. The molecule has 0 bridgehead atoms. The van der Waals surface area contributed by atoms with Gasteiger partial charge in [-0.05, 0) is 39.8 Å². The zero-order valence-corrected chi connectivity index (χ0v) is 8.80. The minimum atomic E-state index is 0.719. The van der Waals surface area contributed by atoms with Crippen LogP contribution in [0.25, 0.3) is 0 Å². The van der Waals surface area contributed by atoms with Crippen LogP contribution in [-0.4, -0.2) is 25.0 Å². The Morgan fingerprint density at radius 2 is 2.08 bits per heavy atom. The van der Waals surface area contributed by atoms with Crippen molar-refractivity contribution in [2.75, 3.05) is 14.1 Å². The van der Waals surface area contributed by atoms with E-state index in [2.05, 4.69) is 38.9 Å². The Morgan fingerprint density at radius 3 is 2.42 bits per heavy atom. The highest BCUT2D eigenvalue weighted by molar-refractivity contribution is 5.22. The van der Waals surface area contributed by atoms with Crippen LogP contribution in [0.15, 0.2) is 11.6 Å². The molecule has 70 valence electrons. The first-order valence-electron chi connectivity index (χ1n) is 4.99. The summed E-state index contributed by atoms with van der Waals surface area (Å²) in [6.45, 7) is 4.63. The molecule has 0 amide bonds. The van der Waals surface area contributed by atoms with Crippen LogP contribution in [0, 0.1) is 5.92 Å². The Hall–Kier alpha value is -0.300. The van der Waals surface area contributed by atoms with Crippen LogP contribution in [0.3, 0.4) is 0 Å². The molecule has 0 aliphatic heterocycles. The predicted molar refractivity (Wildman–Crippen MR) is 54.2 cm³/mol. The Labute approximate surface area is 76.5 Å². The van der Waals surface area contributed by atoms with Gasteiger partial charge in [-0.2, -0.15) is 0 Å². The standard InChI is InChI=1S/C11H21N/c1-5-11(8-10-6-7-10)9(2)12(3)4/h6,9,11H,5,7-8H2,1-4H3. The van der Waals surface area contributed by atoms with Crippen molar-refractivity contribution in [3.05, 3.63) is 11.6 Å². The van der Waals surface area contributed by atoms with Gasteiger partial charge in [0.15, 0.2) is 0 Å². The maximum Gasteiger partial charge on any atom is 0.00920 e. The van der Waals surface area contributed by atoms with Crippen molar-refractivity contribution in [1.82, 2.24) is 4.90 Å². The largest absolute Gasteiger partial charge is 0.306 e. The van der Waals surface area contributed by atoms with Gasteiger partial charge >= 0.3 is 0 Å². The van der Waals surface area contributed by atoms with Crippen LogP contribution >= 0.6 is 0 Å². The van der Waals surface area contributed by atoms with Crippen molar-refractivity contribution < 1.29 is 0 Å². The van der Waals surface area contributed by atoms with Gasteiger partial charge in [0, 0.05) is 6.04 Å². The van der Waals surface area contributed by atoms with Gasteiger partial charge in [-0.15, -0.1) is 0 Å². The molecule has 2 atom stereocenters. The van der Waals surface area contributed by atoms with Crippen LogP contribution in [-0.2, 0) is 0 Å². The highest BCUT2D eigenvalue weighted by Crippen LogP contribution is 2.30. The molecule has 0 aromatic carbocycles. The fourth-order valence-corrected chi connectivity index (χ4v) is 1.65. The summed E-state index contributed by atoms with van der Waals surface area (Å²) in [4.78, 5) is 2.33. The van der Waals surface area contributed by atoms with E-state index >= 15 is 0 Å². The summed E-state index contributed by atoms with van der Waals surface area (Å²) in [5.41, 5.74) is 1.68. The molecule has 0 radical (unpaired) electrons. The SMILES string of the molecule is CCC(CC1=CC1)C(C)N(C)C. The summed E-state index contributed by atoms with van der Waals surface area (Å²) in [6.07, 6.45) is 6.27. The molecular weight excluding hydrogens is 146 g/mol. The highest BCUT2D eigenvalue weighted by atomic mass is 15.1. The van der Waals surface area contributed by atoms with Crippen molar-refractivity contribution >= 4 is 0 Å². The monoisotopic (exact) mass is 167 g/mol. The molecule has 0 fully saturated rings. The second kappa shape index (κ2) is 4.08. The van der Waals surface area contributed by atoms with Gasteiger partial charge in [0.2, 0.25) is 0 Å². The molecule has 1 aliphatic carbocycles. The Morgan fingerprint density at radius 1 is 1.50 bits per heavy atom. The zero-order valence-electron chi connectivity index (χ0n) is 8.80. The van der Waals surface area contributed by atoms with Gasteiger partial charge in [0.25, 0.3) is 0 Å². The summed E-state index contributed by atoms with van der Waals surface area (Å²) in [5.74, 6) is 0.855. The minimum absolute atomic E-state index is 0.719. The quantitative estimate of drug-likeness (QED) is 0.569. The maximum atomic E-state index is 2.35. The molecule has 1 heteroatoms. The molecule has 2 unspecified atom stereocenters. The van der Waals surface area contributed by atoms with E-state index in [1.807, 2.05) is 0 Å². The van der Waals surface area contributed by atoms with Crippen LogP contribution in [0.5, 0.6) is 0 Å². The summed E-state index contributed by atoms with van der Waals surface area (Å²) >= 11 is 0. The van der Waals surface area contributed by atoms with Gasteiger partial charge in [0.1, 0.15) is 0 Å². The molecular formula is C11H21N. The van der Waals surface area contributed by atoms with Crippen molar-refractivity contribution in [3.8, 4) is 0 Å². The lowest BCUT2D eigenvalue weighted by atomic mass is 9.93. The summed E-state index contributed by atoms with van der Waals surface area (Å²) in [7, 11) is 4.35. The number of rotatable bonds is 5. The van der Waals surface area contributed by atoms with Crippen LogP contribution in [0.4, 0.5) is 0 Å². The summed E-state index contributed by atoms with van der Waals surface area (Å²) < 4.78 is 0. The van der Waals surface area contributed by atoms with E-state index in [-0.39, 0.29) is 0 Å². The Kier molecular flexibility index (Phi) is 3.33. The van der Waals surface area contributed by atoms with E-state index < -0.39 is 0 Å². The third-order valence-electron chi connectivity index (χ3n) is 3.04. The van der Waals surface area contributed by atoms with E-state index in [9.17, 15) is 0 Å². The van der Waals surface area contributed by atoms with Gasteiger partial charge in [-0.1, -0.05) is 25.0 Å². The topological polar surface area (TPSA) is 3.24 Å². The maximum absolute atomic E-state index is 2.35. The van der Waals surface area contributed by atoms with E-state index in [4.69, 9.17) is 0 Å². The van der Waals surface area contributed by atoms with E-state index in [1.165, 1.54) is 19.3 Å². The number of allylic oxidation sites excluding steroid dienone is 2. The molecule has 0 saturated heterocycles. The lowest BCUT2D eigenvalue weighted by Crippen LogP contribution is -2.32. The second-order valence-electron chi connectivity index (χ2n) is 4.14. The lowest BCUT2D eigenvalue weighted by molar-refractivity contribution is 0.221. The Balaban J connectivity index is 2.36. The van der Waals surface area contributed by atoms with Crippen molar-refractivity contribution in [2.24, 2.45) is 5.92 Å². The molecule has 0 N–H and O–H groups in total. The van der Waals surface area contributed by atoms with Crippen molar-refractivity contribution in [3.63, 3.8) is 0 Å². The predicted octanol–water partition coefficient (Wildman–Crippen LogP) is 2.68. The number of hydrogen-bond acceptors (Lipinski definition) is 1. The number of hydrogen-bond donors (Lipinski definition) is 0. The summed E-state index contributed by atoms with van der Waals surface area (Å²) in [5, 5.41) is 0. The van der Waals surface area contributed by atoms with E-state index in [0.29, 0.717) is 0 Å². The van der Waals surface area contributed by atoms with Crippen molar-refractivity contribution in [2.45, 2.75) is 39.2 Å². The molecule has 1 nitrogen and oxygen atoms in total. The molecule has 1 aliphatic rings. The molecule has 0 saturated carbocycles. The molecule has 12 heavy (non-hydrogen) atoms. The summed E-state index contributed by atoms with van der Waals surface area (Å²) in [6, 6.07) is 0.719. The van der Waals surface area contributed by atoms with Gasteiger partial charge in [-0.25, -0.2) is 0 Å². The minimum Gasteiger partial charge on any atom is -0.306 e. The van der Waals surface area contributed by atoms with Gasteiger partial charge in [0.05, 0.1) is 0 Å². The van der Waals surface area contributed by atoms with E-state index in [0.717, 1.165) is 12.0 Å². The first-order chi connectivity index (χ1) is 5.65. The fourth-order valence-electron chi connectivity index (χ4n) is 1.65. The van der Waals surface area contributed by atoms with E-state index in [1.54, 1.807) is 5.57 Å². The third-order valence-corrected chi connectivity index (χ3v) is 3.04. The second-order valence-corrected chi connectivity index (χ2v) is 4.14. The van der Waals surface area contributed by atoms with Gasteiger partial charge < -0.3 is 4.90 Å². The lowest BCUT2D eigenvalue weighted by Gasteiger charge is -2.28. The third kappa shape index (κ3) is 2.63. The highest BCUT2D eigenvalue weighted by Gasteiger charge is 2.20. The average Bonchev–Trinajstić information content (AvgIpc) is 2.82.